The summed E-state index contributed by atoms with van der Waals surface area (Å²) in [7, 11) is -3.75. The number of carbonyl (C=O) groups excluding carboxylic acids is 2. The van der Waals surface area contributed by atoms with Crippen molar-refractivity contribution in [2.45, 2.75) is 36.6 Å². The summed E-state index contributed by atoms with van der Waals surface area (Å²) in [6.45, 7) is -0.128. The summed E-state index contributed by atoms with van der Waals surface area (Å²) in [6, 6.07) is 5.82. The van der Waals surface area contributed by atoms with E-state index in [2.05, 4.69) is 20.0 Å². The van der Waals surface area contributed by atoms with E-state index >= 15 is 0 Å². The number of carbonyl (C=O) groups is 2. The van der Waals surface area contributed by atoms with Crippen molar-refractivity contribution in [3.05, 3.63) is 35.8 Å². The lowest BCUT2D eigenvalue weighted by atomic mass is 9.83. The average molecular weight is 448 g/mol. The first-order valence-corrected chi connectivity index (χ1v) is 11.9. The molecule has 30 heavy (non-hydrogen) atoms. The Morgan fingerprint density at radius 2 is 1.97 bits per heavy atom. The molecular formula is C19H21N5O4S2. The first-order chi connectivity index (χ1) is 14.4. The second-order valence-corrected chi connectivity index (χ2v) is 9.78. The van der Waals surface area contributed by atoms with E-state index < -0.39 is 10.0 Å². The van der Waals surface area contributed by atoms with Gasteiger partial charge in [0.05, 0.1) is 23.2 Å². The van der Waals surface area contributed by atoms with Crippen molar-refractivity contribution in [2.75, 3.05) is 16.6 Å². The van der Waals surface area contributed by atoms with Crippen LogP contribution >= 0.6 is 11.3 Å². The molecule has 1 aliphatic carbocycles. The number of amides is 2. The molecule has 2 unspecified atom stereocenters. The molecule has 2 heterocycles. The minimum atomic E-state index is -3.75. The highest BCUT2D eigenvalue weighted by atomic mass is 32.2. The summed E-state index contributed by atoms with van der Waals surface area (Å²) in [5, 5.41) is 4.63. The lowest BCUT2D eigenvalue weighted by Gasteiger charge is -2.34. The van der Waals surface area contributed by atoms with Crippen LogP contribution in [-0.2, 0) is 19.6 Å². The van der Waals surface area contributed by atoms with Gasteiger partial charge in [-0.1, -0.05) is 12.8 Å². The second-order valence-electron chi connectivity index (χ2n) is 7.20. The van der Waals surface area contributed by atoms with E-state index in [-0.39, 0.29) is 40.3 Å². The molecule has 0 bridgehead atoms. The van der Waals surface area contributed by atoms with Crippen LogP contribution in [0.2, 0.25) is 0 Å². The van der Waals surface area contributed by atoms with Crippen LogP contribution in [0.25, 0.3) is 0 Å². The van der Waals surface area contributed by atoms with Gasteiger partial charge in [-0.3, -0.25) is 24.2 Å². The van der Waals surface area contributed by atoms with Crippen molar-refractivity contribution < 1.29 is 18.0 Å². The van der Waals surface area contributed by atoms with Crippen LogP contribution in [-0.4, -0.2) is 49.0 Å². The Morgan fingerprint density at radius 3 is 2.70 bits per heavy atom. The summed E-state index contributed by atoms with van der Waals surface area (Å²) in [6.07, 6.45) is 6.79. The number of benzene rings is 1. The molecule has 2 aromatic rings. The van der Waals surface area contributed by atoms with Gasteiger partial charge in [0.15, 0.2) is 5.13 Å². The monoisotopic (exact) mass is 447 g/mol. The lowest BCUT2D eigenvalue weighted by molar-refractivity contribution is -0.136. The molecule has 1 aromatic carbocycles. The van der Waals surface area contributed by atoms with E-state index in [0.717, 1.165) is 25.7 Å². The van der Waals surface area contributed by atoms with E-state index in [1.807, 2.05) is 0 Å². The molecule has 1 aromatic heterocycles. The van der Waals surface area contributed by atoms with Crippen molar-refractivity contribution in [1.29, 1.82) is 0 Å². The van der Waals surface area contributed by atoms with Crippen LogP contribution < -0.4 is 10.0 Å². The van der Waals surface area contributed by atoms with Gasteiger partial charge in [-0.05, 0) is 37.1 Å². The number of fused-ring (bicyclic) bond motifs is 1. The topological polar surface area (TPSA) is 121 Å². The number of aliphatic imine (C=N–C) groups is 1. The molecule has 2 aliphatic rings. The third-order valence-corrected chi connectivity index (χ3v) is 7.32. The molecule has 0 radical (unpaired) electrons. The third kappa shape index (κ3) is 4.51. The molecule has 2 atom stereocenters. The van der Waals surface area contributed by atoms with Crippen LogP contribution in [0.5, 0.6) is 0 Å². The molecular weight excluding hydrogens is 426 g/mol. The number of anilines is 2. The van der Waals surface area contributed by atoms with Crippen molar-refractivity contribution in [3.8, 4) is 0 Å². The summed E-state index contributed by atoms with van der Waals surface area (Å²) < 4.78 is 27.1. The standard InChI is InChI=1S/C19H21N5O4S2/c25-17(11-24-12-21-16-4-2-1-3-15(16)18(24)26)22-13-5-7-14(8-6-13)30(27,28)23-19-20-9-10-29-19/h5-10,12,15-16H,1-4,11H2,(H,20,23)(H,22,25). The summed E-state index contributed by atoms with van der Waals surface area (Å²) in [4.78, 5) is 34.7. The van der Waals surface area contributed by atoms with Gasteiger partial charge >= 0.3 is 0 Å². The van der Waals surface area contributed by atoms with Crippen LogP contribution in [0.3, 0.4) is 0 Å². The van der Waals surface area contributed by atoms with E-state index in [9.17, 15) is 18.0 Å². The normalized spacial score (nSPS) is 21.2. The highest BCUT2D eigenvalue weighted by molar-refractivity contribution is 7.93. The van der Waals surface area contributed by atoms with E-state index in [1.54, 1.807) is 5.38 Å². The predicted molar refractivity (Wildman–Crippen MR) is 114 cm³/mol. The van der Waals surface area contributed by atoms with Crippen LogP contribution in [0, 0.1) is 5.92 Å². The number of sulfonamides is 1. The fourth-order valence-corrected chi connectivity index (χ4v) is 5.44. The molecule has 1 aliphatic heterocycles. The second kappa shape index (κ2) is 8.52. The number of nitrogens with one attached hydrogen (secondary N) is 2. The molecule has 1 saturated carbocycles. The zero-order chi connectivity index (χ0) is 21.1. The number of hydrogen-bond acceptors (Lipinski definition) is 7. The molecule has 158 valence electrons. The molecule has 9 nitrogen and oxygen atoms in total. The predicted octanol–water partition coefficient (Wildman–Crippen LogP) is 2.31. The van der Waals surface area contributed by atoms with Crippen molar-refractivity contribution in [3.63, 3.8) is 0 Å². The van der Waals surface area contributed by atoms with Gasteiger partial charge in [0.2, 0.25) is 11.8 Å². The SMILES string of the molecule is O=C(CN1C=NC2CCCCC2C1=O)Nc1ccc(S(=O)(=O)Nc2nccs2)cc1. The highest BCUT2D eigenvalue weighted by Crippen LogP contribution is 2.30. The Bertz CT molecular complexity index is 1050. The highest BCUT2D eigenvalue weighted by Gasteiger charge is 2.36. The summed E-state index contributed by atoms with van der Waals surface area (Å²) in [5.74, 6) is -0.563. The fraction of sp³-hybridized carbons (Fsp3) is 0.368. The van der Waals surface area contributed by atoms with E-state index in [4.69, 9.17) is 0 Å². The molecule has 4 rings (SSSR count). The minimum absolute atomic E-state index is 0.0399. The van der Waals surface area contributed by atoms with Gasteiger partial charge < -0.3 is 5.32 Å². The molecule has 1 fully saturated rings. The van der Waals surface area contributed by atoms with Gasteiger partial charge in [-0.2, -0.15) is 0 Å². The Morgan fingerprint density at radius 1 is 1.20 bits per heavy atom. The molecule has 2 amide bonds. The van der Waals surface area contributed by atoms with Gasteiger partial charge in [0.25, 0.3) is 10.0 Å². The lowest BCUT2D eigenvalue weighted by Crippen LogP contribution is -2.48. The Labute approximate surface area is 178 Å². The quantitative estimate of drug-likeness (QED) is 0.704. The average Bonchev–Trinajstić information content (AvgIpc) is 3.23. The Kier molecular flexibility index (Phi) is 5.82. The zero-order valence-corrected chi connectivity index (χ0v) is 17.7. The summed E-state index contributed by atoms with van der Waals surface area (Å²) >= 11 is 1.18. The third-order valence-electron chi connectivity index (χ3n) is 5.14. The molecule has 0 saturated heterocycles. The minimum Gasteiger partial charge on any atom is -0.325 e. The first-order valence-electron chi connectivity index (χ1n) is 9.58. The number of thiazole rings is 1. The van der Waals surface area contributed by atoms with E-state index in [1.165, 1.54) is 53.0 Å². The van der Waals surface area contributed by atoms with Gasteiger partial charge in [0.1, 0.15) is 6.54 Å². The molecule has 0 spiro atoms. The fourth-order valence-electron chi connectivity index (χ4n) is 3.65. The number of rotatable bonds is 6. The van der Waals surface area contributed by atoms with Crippen LogP contribution in [0.4, 0.5) is 10.8 Å². The molecule has 11 heteroatoms. The number of aromatic nitrogens is 1. The maximum absolute atomic E-state index is 12.6. The molecule has 2 N–H and O–H groups in total. The van der Waals surface area contributed by atoms with Crippen molar-refractivity contribution in [2.24, 2.45) is 10.9 Å². The maximum Gasteiger partial charge on any atom is 0.263 e. The van der Waals surface area contributed by atoms with E-state index in [0.29, 0.717) is 5.69 Å². The number of hydrogen-bond donors (Lipinski definition) is 2. The van der Waals surface area contributed by atoms with Gasteiger partial charge in [-0.25, -0.2) is 13.4 Å². The smallest absolute Gasteiger partial charge is 0.263 e. The maximum atomic E-state index is 12.6. The zero-order valence-electron chi connectivity index (χ0n) is 16.0. The Hall–Kier alpha value is -2.79. The Balaban J connectivity index is 1.36. The summed E-state index contributed by atoms with van der Waals surface area (Å²) in [5.41, 5.74) is 0.435. The van der Waals surface area contributed by atoms with Gasteiger partial charge in [-0.15, -0.1) is 11.3 Å². The first kappa shape index (κ1) is 20.5. The van der Waals surface area contributed by atoms with Gasteiger partial charge in [0, 0.05) is 17.3 Å². The van der Waals surface area contributed by atoms with Crippen LogP contribution in [0.1, 0.15) is 25.7 Å². The van der Waals surface area contributed by atoms with Crippen molar-refractivity contribution in [1.82, 2.24) is 9.88 Å². The van der Waals surface area contributed by atoms with Crippen molar-refractivity contribution >= 4 is 50.3 Å². The largest absolute Gasteiger partial charge is 0.325 e. The number of nitrogens with zero attached hydrogens (tertiary/aromatic N) is 3. The van der Waals surface area contributed by atoms with Crippen LogP contribution in [0.15, 0.2) is 45.7 Å².